The average molecular weight is 226 g/mol. The molecular formula is C13H26N2O. The Morgan fingerprint density at radius 3 is 2.94 bits per heavy atom. The minimum atomic E-state index is 0.285. The van der Waals surface area contributed by atoms with Crippen molar-refractivity contribution in [1.82, 2.24) is 4.90 Å². The summed E-state index contributed by atoms with van der Waals surface area (Å²) in [5.74, 6) is 0.794. The molecule has 0 bridgehead atoms. The highest BCUT2D eigenvalue weighted by atomic mass is 16.5. The molecule has 3 nitrogen and oxygen atoms in total. The first kappa shape index (κ1) is 12.3. The minimum Gasteiger partial charge on any atom is -0.376 e. The zero-order chi connectivity index (χ0) is 11.6. The van der Waals surface area contributed by atoms with Gasteiger partial charge in [0.15, 0.2) is 0 Å². The van der Waals surface area contributed by atoms with Crippen LogP contribution in [-0.4, -0.2) is 42.8 Å². The highest BCUT2D eigenvalue weighted by molar-refractivity contribution is 5.02. The van der Waals surface area contributed by atoms with Gasteiger partial charge in [-0.2, -0.15) is 0 Å². The molecule has 2 fully saturated rings. The lowest BCUT2D eigenvalue weighted by molar-refractivity contribution is -0.0717. The Labute approximate surface area is 99.3 Å². The van der Waals surface area contributed by atoms with E-state index in [0.717, 1.165) is 32.2 Å². The number of nitrogens with zero attached hydrogens (tertiary/aromatic N) is 1. The molecule has 0 aromatic rings. The van der Waals surface area contributed by atoms with E-state index in [1.54, 1.807) is 0 Å². The van der Waals surface area contributed by atoms with E-state index < -0.39 is 0 Å². The Bertz CT molecular complexity index is 234. The van der Waals surface area contributed by atoms with Gasteiger partial charge < -0.3 is 10.5 Å². The van der Waals surface area contributed by atoms with Crippen molar-refractivity contribution in [2.24, 2.45) is 11.7 Å². The van der Waals surface area contributed by atoms with Gasteiger partial charge in [-0.05, 0) is 25.7 Å². The second kappa shape index (κ2) is 5.03. The predicted molar refractivity (Wildman–Crippen MR) is 66.4 cm³/mol. The fourth-order valence-corrected chi connectivity index (χ4v) is 3.75. The van der Waals surface area contributed by atoms with Crippen LogP contribution in [0.15, 0.2) is 0 Å². The Hall–Kier alpha value is -0.120. The summed E-state index contributed by atoms with van der Waals surface area (Å²) in [6.45, 7) is 8.31. The zero-order valence-electron chi connectivity index (χ0n) is 10.7. The van der Waals surface area contributed by atoms with Crippen molar-refractivity contribution < 1.29 is 4.74 Å². The van der Waals surface area contributed by atoms with Gasteiger partial charge in [0.2, 0.25) is 0 Å². The molecule has 0 radical (unpaired) electrons. The van der Waals surface area contributed by atoms with Crippen LogP contribution in [0.2, 0.25) is 0 Å². The van der Waals surface area contributed by atoms with Crippen molar-refractivity contribution in [3.8, 4) is 0 Å². The first-order valence-electron chi connectivity index (χ1n) is 6.79. The van der Waals surface area contributed by atoms with Crippen LogP contribution in [0.25, 0.3) is 0 Å². The number of morpholine rings is 1. The van der Waals surface area contributed by atoms with Crippen molar-refractivity contribution in [3.05, 3.63) is 0 Å². The molecule has 0 aromatic carbocycles. The van der Waals surface area contributed by atoms with Crippen LogP contribution in [-0.2, 0) is 4.74 Å². The Balaban J connectivity index is 2.13. The van der Waals surface area contributed by atoms with Crippen LogP contribution < -0.4 is 5.73 Å². The van der Waals surface area contributed by atoms with Crippen LogP contribution >= 0.6 is 0 Å². The third-order valence-corrected chi connectivity index (χ3v) is 4.64. The van der Waals surface area contributed by atoms with Crippen molar-refractivity contribution in [1.29, 1.82) is 0 Å². The van der Waals surface area contributed by atoms with Crippen molar-refractivity contribution >= 4 is 0 Å². The SMILES string of the molecule is CCC1CCCC1(CN)N1CCOC(C)C1. The van der Waals surface area contributed by atoms with Crippen LogP contribution in [0.4, 0.5) is 0 Å². The largest absolute Gasteiger partial charge is 0.376 e. The van der Waals surface area contributed by atoms with Crippen LogP contribution in [0, 0.1) is 5.92 Å². The van der Waals surface area contributed by atoms with Crippen LogP contribution in [0.1, 0.15) is 39.5 Å². The normalized spacial score (nSPS) is 41.4. The molecule has 1 saturated heterocycles. The second-order valence-corrected chi connectivity index (χ2v) is 5.43. The maximum Gasteiger partial charge on any atom is 0.0674 e. The fraction of sp³-hybridized carbons (Fsp3) is 1.00. The van der Waals surface area contributed by atoms with Crippen molar-refractivity contribution in [3.63, 3.8) is 0 Å². The number of ether oxygens (including phenoxy) is 1. The van der Waals surface area contributed by atoms with Gasteiger partial charge in [-0.15, -0.1) is 0 Å². The molecule has 1 aliphatic carbocycles. The molecule has 3 unspecified atom stereocenters. The number of hydrogen-bond acceptors (Lipinski definition) is 3. The molecule has 2 rings (SSSR count). The van der Waals surface area contributed by atoms with Gasteiger partial charge in [0, 0.05) is 25.2 Å². The van der Waals surface area contributed by atoms with Gasteiger partial charge in [-0.1, -0.05) is 19.8 Å². The van der Waals surface area contributed by atoms with E-state index in [9.17, 15) is 0 Å². The van der Waals surface area contributed by atoms with Crippen LogP contribution in [0.5, 0.6) is 0 Å². The summed E-state index contributed by atoms with van der Waals surface area (Å²) in [7, 11) is 0. The van der Waals surface area contributed by atoms with Crippen molar-refractivity contribution in [2.45, 2.75) is 51.2 Å². The summed E-state index contributed by atoms with van der Waals surface area (Å²) < 4.78 is 5.64. The molecule has 94 valence electrons. The fourth-order valence-electron chi connectivity index (χ4n) is 3.75. The van der Waals surface area contributed by atoms with Gasteiger partial charge in [0.25, 0.3) is 0 Å². The van der Waals surface area contributed by atoms with Gasteiger partial charge in [0.1, 0.15) is 0 Å². The summed E-state index contributed by atoms with van der Waals surface area (Å²) in [4.78, 5) is 2.63. The van der Waals surface area contributed by atoms with Crippen molar-refractivity contribution in [2.75, 3.05) is 26.2 Å². The third kappa shape index (κ3) is 2.01. The quantitative estimate of drug-likeness (QED) is 0.794. The lowest BCUT2D eigenvalue weighted by Gasteiger charge is -2.48. The predicted octanol–water partition coefficient (Wildman–Crippen LogP) is 1.61. The molecule has 2 N–H and O–H groups in total. The van der Waals surface area contributed by atoms with E-state index in [1.165, 1.54) is 25.7 Å². The smallest absolute Gasteiger partial charge is 0.0674 e. The molecule has 16 heavy (non-hydrogen) atoms. The monoisotopic (exact) mass is 226 g/mol. The lowest BCUT2D eigenvalue weighted by atomic mass is 9.83. The number of hydrogen-bond donors (Lipinski definition) is 1. The van der Waals surface area contributed by atoms with Gasteiger partial charge in [-0.25, -0.2) is 0 Å². The molecule has 3 atom stereocenters. The summed E-state index contributed by atoms with van der Waals surface area (Å²) in [6, 6.07) is 0. The first-order valence-corrected chi connectivity index (χ1v) is 6.79. The van der Waals surface area contributed by atoms with Gasteiger partial charge >= 0.3 is 0 Å². The molecule has 1 saturated carbocycles. The molecule has 3 heteroatoms. The van der Waals surface area contributed by atoms with E-state index in [0.29, 0.717) is 6.10 Å². The molecule has 1 aliphatic heterocycles. The maximum absolute atomic E-state index is 6.13. The molecule has 0 spiro atoms. The zero-order valence-corrected chi connectivity index (χ0v) is 10.7. The van der Waals surface area contributed by atoms with E-state index in [2.05, 4.69) is 18.7 Å². The Morgan fingerprint density at radius 2 is 2.31 bits per heavy atom. The highest BCUT2D eigenvalue weighted by Crippen LogP contribution is 2.42. The summed E-state index contributed by atoms with van der Waals surface area (Å²) in [6.07, 6.45) is 5.63. The topological polar surface area (TPSA) is 38.5 Å². The van der Waals surface area contributed by atoms with Gasteiger partial charge in [0.05, 0.1) is 12.7 Å². The number of nitrogens with two attached hydrogens (primary N) is 1. The lowest BCUT2D eigenvalue weighted by Crippen LogP contribution is -2.60. The second-order valence-electron chi connectivity index (χ2n) is 5.43. The van der Waals surface area contributed by atoms with Crippen LogP contribution in [0.3, 0.4) is 0 Å². The molecule has 2 aliphatic rings. The third-order valence-electron chi connectivity index (χ3n) is 4.64. The summed E-state index contributed by atoms with van der Waals surface area (Å²) in [5.41, 5.74) is 6.41. The number of rotatable bonds is 3. The summed E-state index contributed by atoms with van der Waals surface area (Å²) >= 11 is 0. The highest BCUT2D eigenvalue weighted by Gasteiger charge is 2.46. The molecule has 0 amide bonds. The van der Waals surface area contributed by atoms with E-state index in [4.69, 9.17) is 10.5 Å². The van der Waals surface area contributed by atoms with E-state index in [1.807, 2.05) is 0 Å². The maximum atomic E-state index is 6.13. The minimum absolute atomic E-state index is 0.285. The standard InChI is InChI=1S/C13H26N2O/c1-3-12-5-4-6-13(12,10-14)15-7-8-16-11(2)9-15/h11-12H,3-10,14H2,1-2H3. The Kier molecular flexibility index (Phi) is 3.88. The summed E-state index contributed by atoms with van der Waals surface area (Å²) in [5, 5.41) is 0. The molecular weight excluding hydrogens is 200 g/mol. The Morgan fingerprint density at radius 1 is 1.50 bits per heavy atom. The van der Waals surface area contributed by atoms with E-state index in [-0.39, 0.29) is 5.54 Å². The molecule has 1 heterocycles. The van der Waals surface area contributed by atoms with Gasteiger partial charge in [-0.3, -0.25) is 4.90 Å². The average Bonchev–Trinajstić information content (AvgIpc) is 2.73. The van der Waals surface area contributed by atoms with E-state index >= 15 is 0 Å². The molecule has 0 aromatic heterocycles. The first-order chi connectivity index (χ1) is 7.73.